The van der Waals surface area contributed by atoms with Gasteiger partial charge in [-0.1, -0.05) is 133 Å². The fraction of sp³-hybridized carbons (Fsp3) is 0. The van der Waals surface area contributed by atoms with Crippen molar-refractivity contribution in [2.75, 3.05) is 0 Å². The number of hydrogen-bond acceptors (Lipinski definition) is 3. The van der Waals surface area contributed by atoms with Crippen molar-refractivity contribution in [2.45, 2.75) is 0 Å². The van der Waals surface area contributed by atoms with Gasteiger partial charge in [-0.25, -0.2) is 4.98 Å². The number of para-hydroxylation sites is 5. The van der Waals surface area contributed by atoms with Crippen LogP contribution in [-0.4, -0.2) is 23.5 Å². The summed E-state index contributed by atoms with van der Waals surface area (Å²) in [4.78, 5) is 11.0. The van der Waals surface area contributed by atoms with E-state index in [1.165, 1.54) is 59.6 Å². The first-order valence-electron chi connectivity index (χ1n) is 21.1. The van der Waals surface area contributed by atoms with Crippen LogP contribution in [0.3, 0.4) is 0 Å². The minimum Gasteiger partial charge on any atom is -0.437 e. The first kappa shape index (κ1) is 32.4. The highest BCUT2D eigenvalue weighted by Crippen LogP contribution is 2.48. The number of fused-ring (bicyclic) bond motifs is 18. The number of benzene rings is 9. The average molecular weight is 790 g/mol. The third kappa shape index (κ3) is 4.04. The Morgan fingerprint density at radius 2 is 1.03 bits per heavy atom. The highest BCUT2D eigenvalue weighted by atomic mass is 16.3. The van der Waals surface area contributed by atoms with Crippen LogP contribution in [0.15, 0.2) is 192 Å². The number of furan rings is 1. The van der Waals surface area contributed by atoms with Gasteiger partial charge in [0.05, 0.1) is 49.7 Å². The standard InChI is InChI=1S/C56H31N5O/c1-2-15-34(16-3-1)59-43-22-10-6-18-36(43)41-30-33(27-29-46(41)59)52-51-39-21-9-13-25-48(39)62-55(51)58-56(57-52)60-45-24-12-8-20-38(45)49-47(60)31-42-37-19-7-11-23-44(37)61-53-35-17-5-4-14-32(35)26-28-40(53)50(49)54(42)61/h1-31H. The van der Waals surface area contributed by atoms with Crippen molar-refractivity contribution in [3.05, 3.63) is 188 Å². The first-order chi connectivity index (χ1) is 30.8. The minimum atomic E-state index is 0.558. The van der Waals surface area contributed by atoms with Crippen molar-refractivity contribution < 1.29 is 4.42 Å². The van der Waals surface area contributed by atoms with E-state index in [4.69, 9.17) is 14.4 Å². The van der Waals surface area contributed by atoms with Gasteiger partial charge in [0.25, 0.3) is 0 Å². The van der Waals surface area contributed by atoms with Gasteiger partial charge in [-0.2, -0.15) is 4.98 Å². The zero-order valence-corrected chi connectivity index (χ0v) is 33.0. The van der Waals surface area contributed by atoms with Gasteiger partial charge in [0.1, 0.15) is 5.58 Å². The molecule has 0 radical (unpaired) electrons. The van der Waals surface area contributed by atoms with Crippen molar-refractivity contribution in [3.8, 4) is 22.9 Å². The van der Waals surface area contributed by atoms with Gasteiger partial charge in [0.15, 0.2) is 0 Å². The Morgan fingerprint density at radius 1 is 0.371 bits per heavy atom. The summed E-state index contributed by atoms with van der Waals surface area (Å²) in [5.74, 6) is 0.566. The first-order valence-corrected chi connectivity index (χ1v) is 21.1. The van der Waals surface area contributed by atoms with Crippen LogP contribution in [0, 0.1) is 0 Å². The quantitative estimate of drug-likeness (QED) is 0.179. The van der Waals surface area contributed by atoms with Gasteiger partial charge in [-0.3, -0.25) is 4.57 Å². The second kappa shape index (κ2) is 11.6. The predicted molar refractivity (Wildman–Crippen MR) is 256 cm³/mol. The number of hydrogen-bond donors (Lipinski definition) is 0. The van der Waals surface area contributed by atoms with Crippen LogP contribution in [0.1, 0.15) is 0 Å². The smallest absolute Gasteiger partial charge is 0.238 e. The Kier molecular flexibility index (Phi) is 6.07. The van der Waals surface area contributed by atoms with E-state index in [9.17, 15) is 0 Å². The number of rotatable bonds is 3. The van der Waals surface area contributed by atoms with Crippen LogP contribution in [0.4, 0.5) is 0 Å². The van der Waals surface area contributed by atoms with Crippen molar-refractivity contribution in [1.82, 2.24) is 23.5 Å². The molecule has 15 aromatic rings. The second-order valence-corrected chi connectivity index (χ2v) is 16.5. The van der Waals surface area contributed by atoms with Crippen molar-refractivity contribution >= 4 is 115 Å². The molecule has 0 aliphatic carbocycles. The molecule has 6 aromatic heterocycles. The van der Waals surface area contributed by atoms with Crippen molar-refractivity contribution in [2.24, 2.45) is 0 Å². The molecule has 6 nitrogen and oxygen atoms in total. The Bertz CT molecular complexity index is 4390. The largest absolute Gasteiger partial charge is 0.437 e. The van der Waals surface area contributed by atoms with E-state index in [0.717, 1.165) is 66.1 Å². The van der Waals surface area contributed by atoms with Gasteiger partial charge in [0.2, 0.25) is 11.7 Å². The minimum absolute atomic E-state index is 0.558. The molecular weight excluding hydrogens is 759 g/mol. The lowest BCUT2D eigenvalue weighted by Crippen LogP contribution is -2.03. The maximum atomic E-state index is 6.68. The normalized spacial score (nSPS) is 12.5. The molecule has 0 spiro atoms. The SMILES string of the molecule is c1ccc(-n2c3ccccc3c3cc(-c4nc(-n5c6ccccc6c6c7c8ccc9ccccc9c8n8c9ccccc9c(cc65)c78)nc5oc6ccccc6c45)ccc32)cc1. The number of aromatic nitrogens is 5. The fourth-order valence-electron chi connectivity index (χ4n) is 10.9. The Labute approximate surface area is 352 Å². The molecule has 0 unspecified atom stereocenters. The molecule has 15 rings (SSSR count). The molecular formula is C56H31N5O. The summed E-state index contributed by atoms with van der Waals surface area (Å²) in [5.41, 5.74) is 12.4. The second-order valence-electron chi connectivity index (χ2n) is 16.5. The molecule has 0 aliphatic heterocycles. The molecule has 0 bridgehead atoms. The van der Waals surface area contributed by atoms with E-state index in [0.29, 0.717) is 11.7 Å². The van der Waals surface area contributed by atoms with Crippen LogP contribution in [0.5, 0.6) is 0 Å². The molecule has 62 heavy (non-hydrogen) atoms. The molecule has 0 aliphatic rings. The van der Waals surface area contributed by atoms with Crippen molar-refractivity contribution in [3.63, 3.8) is 0 Å². The van der Waals surface area contributed by atoms with E-state index < -0.39 is 0 Å². The van der Waals surface area contributed by atoms with Crippen LogP contribution in [0.2, 0.25) is 0 Å². The van der Waals surface area contributed by atoms with E-state index in [1.807, 2.05) is 12.1 Å². The maximum Gasteiger partial charge on any atom is 0.238 e. The molecule has 0 saturated heterocycles. The lowest BCUT2D eigenvalue weighted by Gasteiger charge is -2.11. The number of nitrogens with zero attached hydrogens (tertiary/aromatic N) is 5. The van der Waals surface area contributed by atoms with E-state index >= 15 is 0 Å². The molecule has 0 fully saturated rings. The summed E-state index contributed by atoms with van der Waals surface area (Å²) in [7, 11) is 0. The van der Waals surface area contributed by atoms with Gasteiger partial charge in [0, 0.05) is 65.1 Å². The van der Waals surface area contributed by atoms with Crippen LogP contribution in [0.25, 0.3) is 137 Å². The summed E-state index contributed by atoms with van der Waals surface area (Å²) in [6.07, 6.45) is 0. The van der Waals surface area contributed by atoms with E-state index in [-0.39, 0.29) is 0 Å². The lowest BCUT2D eigenvalue weighted by molar-refractivity contribution is 0.651. The highest BCUT2D eigenvalue weighted by molar-refractivity contribution is 6.37. The summed E-state index contributed by atoms with van der Waals surface area (Å²) in [6, 6.07) is 67.4. The predicted octanol–water partition coefficient (Wildman–Crippen LogP) is 14.5. The molecule has 0 amide bonds. The highest BCUT2D eigenvalue weighted by Gasteiger charge is 2.27. The monoisotopic (exact) mass is 789 g/mol. The third-order valence-corrected chi connectivity index (χ3v) is 13.4. The van der Waals surface area contributed by atoms with Crippen LogP contribution >= 0.6 is 0 Å². The molecule has 286 valence electrons. The van der Waals surface area contributed by atoms with Crippen LogP contribution < -0.4 is 0 Å². The van der Waals surface area contributed by atoms with E-state index in [2.05, 4.69) is 189 Å². The fourth-order valence-corrected chi connectivity index (χ4v) is 10.9. The summed E-state index contributed by atoms with van der Waals surface area (Å²) >= 11 is 0. The van der Waals surface area contributed by atoms with Gasteiger partial charge in [-0.05, 0) is 60.0 Å². The topological polar surface area (TPSA) is 53.2 Å². The Morgan fingerprint density at radius 3 is 1.87 bits per heavy atom. The Hall–Kier alpha value is -8.48. The zero-order chi connectivity index (χ0) is 40.2. The molecule has 0 saturated carbocycles. The molecule has 9 aromatic carbocycles. The zero-order valence-electron chi connectivity index (χ0n) is 33.0. The van der Waals surface area contributed by atoms with Gasteiger partial charge < -0.3 is 13.4 Å². The molecule has 6 heterocycles. The van der Waals surface area contributed by atoms with Gasteiger partial charge in [-0.15, -0.1) is 0 Å². The molecule has 0 atom stereocenters. The van der Waals surface area contributed by atoms with Gasteiger partial charge >= 0.3 is 0 Å². The maximum absolute atomic E-state index is 6.68. The van der Waals surface area contributed by atoms with Crippen molar-refractivity contribution in [1.29, 1.82) is 0 Å². The summed E-state index contributed by atoms with van der Waals surface area (Å²) in [5, 5.41) is 14.0. The van der Waals surface area contributed by atoms with E-state index in [1.54, 1.807) is 0 Å². The molecule has 6 heteroatoms. The Balaban J connectivity index is 1.08. The average Bonchev–Trinajstić information content (AvgIpc) is 4.13. The summed E-state index contributed by atoms with van der Waals surface area (Å²) in [6.45, 7) is 0. The lowest BCUT2D eigenvalue weighted by atomic mass is 10.00. The molecule has 0 N–H and O–H groups in total. The van der Waals surface area contributed by atoms with Crippen LogP contribution in [-0.2, 0) is 0 Å². The third-order valence-electron chi connectivity index (χ3n) is 13.4. The summed E-state index contributed by atoms with van der Waals surface area (Å²) < 4.78 is 13.8.